The zero-order valence-corrected chi connectivity index (χ0v) is 19.4. The van der Waals surface area contributed by atoms with Crippen LogP contribution in [-0.2, 0) is 5.92 Å². The highest BCUT2D eigenvalue weighted by molar-refractivity contribution is 5.65. The van der Waals surface area contributed by atoms with E-state index in [0.717, 1.165) is 31.7 Å². The third-order valence-electron chi connectivity index (χ3n) is 5.75. The van der Waals surface area contributed by atoms with Gasteiger partial charge in [0.1, 0.15) is 5.75 Å². The molecular weight excluding hydrogens is 416 g/mol. The number of hydrogen-bond donors (Lipinski definition) is 0. The predicted molar refractivity (Wildman–Crippen MR) is 123 cm³/mol. The molecule has 0 amide bonds. The first-order valence-electron chi connectivity index (χ1n) is 12.0. The van der Waals surface area contributed by atoms with Crippen molar-refractivity contribution < 1.29 is 22.3 Å². The molecule has 2 aromatic rings. The minimum atomic E-state index is -3.38. The van der Waals surface area contributed by atoms with Gasteiger partial charge in [0.2, 0.25) is 0 Å². The van der Waals surface area contributed by atoms with E-state index in [1.54, 1.807) is 24.3 Å². The Morgan fingerprint density at radius 2 is 1.28 bits per heavy atom. The summed E-state index contributed by atoms with van der Waals surface area (Å²) in [5, 5.41) is 0. The average Bonchev–Trinajstić information content (AvgIpc) is 2.78. The highest BCUT2D eigenvalue weighted by Gasteiger charge is 2.35. The molecule has 0 saturated carbocycles. The quantitative estimate of drug-likeness (QED) is 0.193. The second-order valence-corrected chi connectivity index (χ2v) is 8.44. The van der Waals surface area contributed by atoms with Crippen LogP contribution >= 0.6 is 0 Å². The molecule has 0 aliphatic rings. The molecule has 0 aliphatic heterocycles. The first-order valence-corrected chi connectivity index (χ1v) is 12.0. The maximum Gasteiger partial charge on any atom is 0.276 e. The van der Waals surface area contributed by atoms with Crippen LogP contribution in [-0.4, -0.2) is 6.61 Å². The lowest BCUT2D eigenvalue weighted by atomic mass is 9.97. The number of hydrogen-bond acceptors (Lipinski definition) is 1. The van der Waals surface area contributed by atoms with Crippen molar-refractivity contribution in [3.05, 3.63) is 53.6 Å². The fourth-order valence-corrected chi connectivity index (χ4v) is 3.77. The Morgan fingerprint density at radius 3 is 1.94 bits per heavy atom. The van der Waals surface area contributed by atoms with Crippen LogP contribution in [0, 0.1) is 11.6 Å². The second-order valence-electron chi connectivity index (χ2n) is 8.44. The van der Waals surface area contributed by atoms with Gasteiger partial charge in [-0.15, -0.1) is 0 Å². The van der Waals surface area contributed by atoms with Crippen molar-refractivity contribution in [3.8, 4) is 16.9 Å². The fraction of sp³-hybridized carbons (Fsp3) is 0.556. The van der Waals surface area contributed by atoms with Gasteiger partial charge in [-0.2, -0.15) is 0 Å². The normalized spacial score (nSPS) is 11.7. The number of benzene rings is 2. The molecule has 0 fully saturated rings. The fourth-order valence-electron chi connectivity index (χ4n) is 3.77. The lowest BCUT2D eigenvalue weighted by Crippen LogP contribution is -2.16. The summed E-state index contributed by atoms with van der Waals surface area (Å²) in [5.41, 5.74) is -0.476. The molecule has 2 rings (SSSR count). The summed E-state index contributed by atoms with van der Waals surface area (Å²) in [6.45, 7) is 4.78. The largest absolute Gasteiger partial charge is 0.494 e. The molecular formula is C27H36F4O. The SMILES string of the molecule is CCCCCCCCOc1ccc(-c2ccc(C(F)(F)CCCCCC)c(F)c2F)cc1. The van der Waals surface area contributed by atoms with Crippen LogP contribution < -0.4 is 4.74 Å². The van der Waals surface area contributed by atoms with Crippen molar-refractivity contribution in [1.82, 2.24) is 0 Å². The monoisotopic (exact) mass is 452 g/mol. The maximum absolute atomic E-state index is 14.7. The molecule has 0 bridgehead atoms. The van der Waals surface area contributed by atoms with E-state index in [2.05, 4.69) is 6.92 Å². The van der Waals surface area contributed by atoms with Crippen LogP contribution in [0.15, 0.2) is 36.4 Å². The van der Waals surface area contributed by atoms with Gasteiger partial charge in [-0.05, 0) is 36.6 Å². The third kappa shape index (κ3) is 7.83. The van der Waals surface area contributed by atoms with E-state index < -0.39 is 29.5 Å². The van der Waals surface area contributed by atoms with E-state index >= 15 is 0 Å². The summed E-state index contributed by atoms with van der Waals surface area (Å²) in [7, 11) is 0. The summed E-state index contributed by atoms with van der Waals surface area (Å²) in [6, 6.07) is 8.88. The molecule has 0 aliphatic carbocycles. The summed E-state index contributed by atoms with van der Waals surface area (Å²) >= 11 is 0. The predicted octanol–water partition coefficient (Wildman–Crippen LogP) is 9.43. The number of unbranched alkanes of at least 4 members (excludes halogenated alkanes) is 8. The van der Waals surface area contributed by atoms with Crippen LogP contribution in [0.1, 0.15) is 90.0 Å². The standard InChI is InChI=1S/C27H36F4O/c1-3-5-7-9-10-12-20-32-22-15-13-21(14-16-22)23-17-18-24(26(29)25(23)28)27(30,31)19-11-8-6-4-2/h13-18H,3-12,19-20H2,1-2H3. The molecule has 0 unspecified atom stereocenters. The third-order valence-corrected chi connectivity index (χ3v) is 5.75. The van der Waals surface area contributed by atoms with Crippen molar-refractivity contribution in [3.63, 3.8) is 0 Å². The maximum atomic E-state index is 14.7. The molecule has 0 radical (unpaired) electrons. The zero-order chi connectivity index (χ0) is 23.4. The number of halogens is 4. The van der Waals surface area contributed by atoms with Crippen molar-refractivity contribution in [2.75, 3.05) is 6.61 Å². The Labute approximate surface area is 190 Å². The lowest BCUT2D eigenvalue weighted by Gasteiger charge is -2.18. The van der Waals surface area contributed by atoms with Crippen LogP contribution in [0.2, 0.25) is 0 Å². The van der Waals surface area contributed by atoms with E-state index in [1.165, 1.54) is 31.7 Å². The van der Waals surface area contributed by atoms with Gasteiger partial charge < -0.3 is 4.74 Å². The van der Waals surface area contributed by atoms with E-state index in [-0.39, 0.29) is 12.0 Å². The first-order chi connectivity index (χ1) is 15.4. The van der Waals surface area contributed by atoms with Gasteiger partial charge in [0, 0.05) is 12.0 Å². The van der Waals surface area contributed by atoms with Crippen LogP contribution in [0.3, 0.4) is 0 Å². The number of alkyl halides is 2. The molecule has 0 heterocycles. The minimum absolute atomic E-state index is 0.0319. The smallest absolute Gasteiger partial charge is 0.276 e. The second kappa shape index (κ2) is 13.5. The molecule has 178 valence electrons. The van der Waals surface area contributed by atoms with Crippen molar-refractivity contribution in [1.29, 1.82) is 0 Å². The van der Waals surface area contributed by atoms with Crippen molar-refractivity contribution in [2.45, 2.75) is 90.4 Å². The van der Waals surface area contributed by atoms with E-state index in [9.17, 15) is 17.6 Å². The molecule has 1 nitrogen and oxygen atoms in total. The van der Waals surface area contributed by atoms with E-state index in [1.807, 2.05) is 6.92 Å². The van der Waals surface area contributed by atoms with Gasteiger partial charge in [-0.25, -0.2) is 17.6 Å². The Kier molecular flexibility index (Phi) is 11.1. The number of ether oxygens (including phenoxy) is 1. The highest BCUT2D eigenvalue weighted by Crippen LogP contribution is 2.38. The molecule has 0 N–H and O–H groups in total. The van der Waals surface area contributed by atoms with Crippen LogP contribution in [0.4, 0.5) is 17.6 Å². The summed E-state index contributed by atoms with van der Waals surface area (Å²) < 4.78 is 63.7. The molecule has 0 aromatic heterocycles. The lowest BCUT2D eigenvalue weighted by molar-refractivity contribution is -0.0196. The van der Waals surface area contributed by atoms with E-state index in [0.29, 0.717) is 24.3 Å². The Hall–Kier alpha value is -2.04. The molecule has 32 heavy (non-hydrogen) atoms. The average molecular weight is 453 g/mol. The molecule has 0 spiro atoms. The molecule has 0 atom stereocenters. The first kappa shape index (κ1) is 26.2. The zero-order valence-electron chi connectivity index (χ0n) is 19.4. The Balaban J connectivity index is 1.97. The highest BCUT2D eigenvalue weighted by atomic mass is 19.3. The molecule has 5 heteroatoms. The molecule has 0 saturated heterocycles. The van der Waals surface area contributed by atoms with Crippen molar-refractivity contribution in [2.24, 2.45) is 0 Å². The van der Waals surface area contributed by atoms with Crippen molar-refractivity contribution >= 4 is 0 Å². The molecule has 2 aromatic carbocycles. The van der Waals surface area contributed by atoms with Gasteiger partial charge >= 0.3 is 0 Å². The summed E-state index contributed by atoms with van der Waals surface area (Å²) in [6.07, 6.45) is 9.26. The summed E-state index contributed by atoms with van der Waals surface area (Å²) in [4.78, 5) is 0. The van der Waals surface area contributed by atoms with Gasteiger partial charge in [0.15, 0.2) is 11.6 Å². The Morgan fingerprint density at radius 1 is 0.688 bits per heavy atom. The van der Waals surface area contributed by atoms with E-state index in [4.69, 9.17) is 4.74 Å². The number of rotatable bonds is 15. The van der Waals surface area contributed by atoms with Gasteiger partial charge in [-0.1, -0.05) is 83.4 Å². The van der Waals surface area contributed by atoms with Gasteiger partial charge in [0.05, 0.1) is 12.2 Å². The van der Waals surface area contributed by atoms with Crippen LogP contribution in [0.5, 0.6) is 5.75 Å². The topological polar surface area (TPSA) is 9.23 Å². The minimum Gasteiger partial charge on any atom is -0.494 e. The summed E-state index contributed by atoms with van der Waals surface area (Å²) in [5.74, 6) is -5.44. The van der Waals surface area contributed by atoms with Gasteiger partial charge in [0.25, 0.3) is 5.92 Å². The van der Waals surface area contributed by atoms with Gasteiger partial charge in [-0.3, -0.25) is 0 Å². The van der Waals surface area contributed by atoms with Crippen LogP contribution in [0.25, 0.3) is 11.1 Å². The Bertz CT molecular complexity index is 802.